The molecule has 0 bridgehead atoms. The zero-order chi connectivity index (χ0) is 15.5. The molecule has 0 N–H and O–H groups in total. The second kappa shape index (κ2) is 6.75. The van der Waals surface area contributed by atoms with E-state index in [-0.39, 0.29) is 5.92 Å². The van der Waals surface area contributed by atoms with E-state index in [9.17, 15) is 4.79 Å². The first-order valence-electron chi connectivity index (χ1n) is 8.12. The van der Waals surface area contributed by atoms with Gasteiger partial charge in [-0.2, -0.15) is 0 Å². The molecule has 120 valence electrons. The molecule has 1 fully saturated rings. The number of likely N-dealkylation sites (tertiary alicyclic amines) is 1. The van der Waals surface area contributed by atoms with Crippen LogP contribution in [0.5, 0.6) is 0 Å². The quantitative estimate of drug-likeness (QED) is 0.847. The molecule has 0 aliphatic carbocycles. The number of methoxy groups -OCH3 is 1. The van der Waals surface area contributed by atoms with Crippen LogP contribution in [0.1, 0.15) is 29.7 Å². The Morgan fingerprint density at radius 1 is 1.41 bits per heavy atom. The highest BCUT2D eigenvalue weighted by molar-refractivity contribution is 5.79. The topological polar surface area (TPSA) is 45.7 Å². The Morgan fingerprint density at radius 2 is 2.23 bits per heavy atom. The first-order chi connectivity index (χ1) is 10.7. The van der Waals surface area contributed by atoms with Gasteiger partial charge in [-0.1, -0.05) is 0 Å². The van der Waals surface area contributed by atoms with Crippen molar-refractivity contribution in [2.45, 2.75) is 32.9 Å². The molecule has 1 saturated heterocycles. The lowest BCUT2D eigenvalue weighted by Gasteiger charge is -2.33. The predicted octanol–water partition coefficient (Wildman–Crippen LogP) is 1.59. The molecule has 1 amide bonds. The molecular weight excluding hydrogens is 278 g/mol. The molecule has 0 aromatic carbocycles. The van der Waals surface area contributed by atoms with Crippen molar-refractivity contribution in [3.8, 4) is 0 Å². The Labute approximate surface area is 132 Å². The zero-order valence-electron chi connectivity index (χ0n) is 13.5. The lowest BCUT2D eigenvalue weighted by atomic mass is 9.96. The minimum absolute atomic E-state index is 0.133. The largest absolute Gasteiger partial charge is 0.383 e. The third-order valence-corrected chi connectivity index (χ3v) is 4.72. The summed E-state index contributed by atoms with van der Waals surface area (Å²) >= 11 is 0. The first kappa shape index (κ1) is 15.4. The van der Waals surface area contributed by atoms with E-state index in [2.05, 4.69) is 16.0 Å². The molecule has 3 rings (SSSR count). The van der Waals surface area contributed by atoms with E-state index in [0.29, 0.717) is 5.91 Å². The number of ether oxygens (including phenoxy) is 1. The van der Waals surface area contributed by atoms with Crippen LogP contribution < -0.4 is 0 Å². The SMILES string of the molecule is COCCN1CCC[C@@H](C(=O)N2Cc3cnc(C)cc3C2)C1. The van der Waals surface area contributed by atoms with Crippen molar-refractivity contribution in [2.24, 2.45) is 5.92 Å². The van der Waals surface area contributed by atoms with Crippen molar-refractivity contribution in [3.05, 3.63) is 29.1 Å². The van der Waals surface area contributed by atoms with Gasteiger partial charge in [0, 0.05) is 45.2 Å². The Hall–Kier alpha value is -1.46. The predicted molar refractivity (Wildman–Crippen MR) is 84.3 cm³/mol. The second-order valence-electron chi connectivity index (χ2n) is 6.42. The van der Waals surface area contributed by atoms with Crippen LogP contribution in [0.25, 0.3) is 0 Å². The third-order valence-electron chi connectivity index (χ3n) is 4.72. The molecule has 0 unspecified atom stereocenters. The molecule has 3 heterocycles. The van der Waals surface area contributed by atoms with Crippen LogP contribution >= 0.6 is 0 Å². The van der Waals surface area contributed by atoms with Gasteiger partial charge < -0.3 is 14.5 Å². The van der Waals surface area contributed by atoms with Gasteiger partial charge in [-0.15, -0.1) is 0 Å². The zero-order valence-corrected chi connectivity index (χ0v) is 13.5. The maximum absolute atomic E-state index is 12.8. The number of aryl methyl sites for hydroxylation is 1. The van der Waals surface area contributed by atoms with E-state index in [1.54, 1.807) is 7.11 Å². The number of hydrogen-bond acceptors (Lipinski definition) is 4. The van der Waals surface area contributed by atoms with Gasteiger partial charge >= 0.3 is 0 Å². The molecule has 2 aliphatic heterocycles. The number of aromatic nitrogens is 1. The summed E-state index contributed by atoms with van der Waals surface area (Å²) < 4.78 is 5.15. The normalized spacial score (nSPS) is 21.9. The molecular formula is C17H25N3O2. The van der Waals surface area contributed by atoms with E-state index < -0.39 is 0 Å². The van der Waals surface area contributed by atoms with E-state index >= 15 is 0 Å². The summed E-state index contributed by atoms with van der Waals surface area (Å²) in [5.41, 5.74) is 3.48. The number of piperidine rings is 1. The fourth-order valence-corrected chi connectivity index (χ4v) is 3.50. The molecule has 1 atom stereocenters. The minimum Gasteiger partial charge on any atom is -0.383 e. The molecule has 5 nitrogen and oxygen atoms in total. The summed E-state index contributed by atoms with van der Waals surface area (Å²) in [5, 5.41) is 0. The van der Waals surface area contributed by atoms with Crippen molar-refractivity contribution in [3.63, 3.8) is 0 Å². The highest BCUT2D eigenvalue weighted by Crippen LogP contribution is 2.26. The van der Waals surface area contributed by atoms with Gasteiger partial charge in [0.1, 0.15) is 0 Å². The van der Waals surface area contributed by atoms with Crippen molar-refractivity contribution in [1.29, 1.82) is 0 Å². The first-order valence-corrected chi connectivity index (χ1v) is 8.12. The van der Waals surface area contributed by atoms with Gasteiger partial charge in [-0.3, -0.25) is 9.78 Å². The maximum Gasteiger partial charge on any atom is 0.227 e. The van der Waals surface area contributed by atoms with Crippen molar-refractivity contribution >= 4 is 5.91 Å². The fourth-order valence-electron chi connectivity index (χ4n) is 3.50. The van der Waals surface area contributed by atoms with Gasteiger partial charge in [0.25, 0.3) is 0 Å². The smallest absolute Gasteiger partial charge is 0.227 e. The van der Waals surface area contributed by atoms with Crippen molar-refractivity contribution < 1.29 is 9.53 Å². The fraction of sp³-hybridized carbons (Fsp3) is 0.647. The van der Waals surface area contributed by atoms with Crippen LogP contribution in [0.2, 0.25) is 0 Å². The number of rotatable bonds is 4. The molecule has 5 heteroatoms. The van der Waals surface area contributed by atoms with Crippen LogP contribution in [0.4, 0.5) is 0 Å². The minimum atomic E-state index is 0.133. The van der Waals surface area contributed by atoms with Crippen LogP contribution in [-0.2, 0) is 22.6 Å². The second-order valence-corrected chi connectivity index (χ2v) is 6.42. The Bertz CT molecular complexity index is 547. The Kier molecular flexibility index (Phi) is 4.74. The molecule has 0 spiro atoms. The summed E-state index contributed by atoms with van der Waals surface area (Å²) in [7, 11) is 1.73. The number of nitrogens with zero attached hydrogens (tertiary/aromatic N) is 3. The average Bonchev–Trinajstić information content (AvgIpc) is 2.95. The summed E-state index contributed by atoms with van der Waals surface area (Å²) in [6, 6.07) is 2.11. The number of hydrogen-bond donors (Lipinski definition) is 0. The standard InChI is InChI=1S/C17H25N3O2/c1-13-8-15-11-20(12-16(15)9-18-13)17(21)14-4-3-5-19(10-14)6-7-22-2/h8-9,14H,3-7,10-12H2,1-2H3/t14-/m1/s1. The Balaban J connectivity index is 1.60. The van der Waals surface area contributed by atoms with Crippen LogP contribution in [-0.4, -0.2) is 54.0 Å². The summed E-state index contributed by atoms with van der Waals surface area (Å²) in [6.07, 6.45) is 4.03. The molecule has 22 heavy (non-hydrogen) atoms. The number of amides is 1. The third kappa shape index (κ3) is 3.31. The molecule has 2 aliphatic rings. The molecule has 1 aromatic rings. The van der Waals surface area contributed by atoms with Gasteiger partial charge in [0.15, 0.2) is 0 Å². The summed E-state index contributed by atoms with van der Waals surface area (Å²) in [5.74, 6) is 0.435. The van der Waals surface area contributed by atoms with E-state index in [1.807, 2.05) is 18.0 Å². The van der Waals surface area contributed by atoms with E-state index in [4.69, 9.17) is 4.74 Å². The van der Waals surface area contributed by atoms with Crippen LogP contribution in [0.3, 0.4) is 0 Å². The van der Waals surface area contributed by atoms with Crippen molar-refractivity contribution in [2.75, 3.05) is 33.4 Å². The lowest BCUT2D eigenvalue weighted by Crippen LogP contribution is -2.44. The van der Waals surface area contributed by atoms with Crippen LogP contribution in [0.15, 0.2) is 12.3 Å². The summed E-state index contributed by atoms with van der Waals surface area (Å²) in [6.45, 7) is 7.06. The van der Waals surface area contributed by atoms with E-state index in [1.165, 1.54) is 11.1 Å². The molecule has 0 saturated carbocycles. The van der Waals surface area contributed by atoms with Crippen molar-refractivity contribution in [1.82, 2.24) is 14.8 Å². The van der Waals surface area contributed by atoms with Gasteiger partial charge in [-0.05, 0) is 43.5 Å². The summed E-state index contributed by atoms with van der Waals surface area (Å²) in [4.78, 5) is 21.5. The average molecular weight is 303 g/mol. The van der Waals surface area contributed by atoms with Gasteiger partial charge in [0.05, 0.1) is 12.5 Å². The van der Waals surface area contributed by atoms with Gasteiger partial charge in [-0.25, -0.2) is 0 Å². The lowest BCUT2D eigenvalue weighted by molar-refractivity contribution is -0.138. The number of carbonyl (C=O) groups excluding carboxylic acids is 1. The van der Waals surface area contributed by atoms with Gasteiger partial charge in [0.2, 0.25) is 5.91 Å². The number of carbonyl (C=O) groups is 1. The monoisotopic (exact) mass is 303 g/mol. The molecule has 1 aromatic heterocycles. The maximum atomic E-state index is 12.8. The number of pyridine rings is 1. The molecule has 0 radical (unpaired) electrons. The van der Waals surface area contributed by atoms with Crippen LogP contribution in [0, 0.1) is 12.8 Å². The highest BCUT2D eigenvalue weighted by Gasteiger charge is 2.32. The number of fused-ring (bicyclic) bond motifs is 1. The van der Waals surface area contributed by atoms with E-state index in [0.717, 1.165) is 57.9 Å². The Morgan fingerprint density at radius 3 is 3.05 bits per heavy atom. The highest BCUT2D eigenvalue weighted by atomic mass is 16.5.